The first-order valence-electron chi connectivity index (χ1n) is 10.9. The Balaban J connectivity index is -0.000000113. The van der Waals surface area contributed by atoms with Crippen LogP contribution in [0.4, 0.5) is 0 Å². The van der Waals surface area contributed by atoms with Crippen molar-refractivity contribution in [1.82, 2.24) is 0 Å². The van der Waals surface area contributed by atoms with Gasteiger partial charge in [0.05, 0.1) is 58.9 Å². The van der Waals surface area contributed by atoms with Crippen molar-refractivity contribution in [2.75, 3.05) is 56.9 Å². The van der Waals surface area contributed by atoms with Crippen LogP contribution in [0.1, 0.15) is 46.0 Å². The van der Waals surface area contributed by atoms with Gasteiger partial charge in [-0.25, -0.2) is 0 Å². The summed E-state index contributed by atoms with van der Waals surface area (Å²) < 4.78 is 0. The monoisotopic (exact) mass is 586 g/mol. The zero-order valence-corrected chi connectivity index (χ0v) is 23.7. The highest BCUT2D eigenvalue weighted by Gasteiger charge is 2.25. The predicted molar refractivity (Wildman–Crippen MR) is 146 cm³/mol. The smallest absolute Gasteiger partial charge is 0.304 e. The summed E-state index contributed by atoms with van der Waals surface area (Å²) in [5.74, 6) is -1.08. The maximum absolute atomic E-state index is 9.55. The maximum Gasteiger partial charge on any atom is 0.304 e. The molecule has 0 unspecified atom stereocenters. The predicted octanol–water partition coefficient (Wildman–Crippen LogP) is -0.108. The third-order valence-corrected chi connectivity index (χ3v) is 5.16. The summed E-state index contributed by atoms with van der Waals surface area (Å²) in [6.07, 6.45) is 1.66. The summed E-state index contributed by atoms with van der Waals surface area (Å²) >= 11 is 11.0. The van der Waals surface area contributed by atoms with Crippen LogP contribution in [0.15, 0.2) is 0 Å². The lowest BCUT2D eigenvalue weighted by atomic mass is 9.88. The van der Waals surface area contributed by atoms with Crippen molar-refractivity contribution in [2.45, 2.75) is 46.0 Å². The zero-order valence-electron chi connectivity index (χ0n) is 21.0. The van der Waals surface area contributed by atoms with Gasteiger partial charge in [-0.15, -0.1) is 0 Å². The topological polar surface area (TPSA) is 233 Å². The lowest BCUT2D eigenvalue weighted by molar-refractivity contribution is -0.137. The van der Waals surface area contributed by atoms with Gasteiger partial charge in [0.15, 0.2) is 0 Å². The van der Waals surface area contributed by atoms with Crippen LogP contribution in [-0.4, -0.2) is 121 Å². The van der Waals surface area contributed by atoms with Crippen molar-refractivity contribution in [2.24, 2.45) is 10.8 Å². The van der Waals surface area contributed by atoms with E-state index in [0.717, 1.165) is 0 Å². The molecule has 36 heavy (non-hydrogen) atoms. The fourth-order valence-corrected chi connectivity index (χ4v) is 1.83. The fraction of sp³-hybridized carbons (Fsp3) is 0.857. The molecule has 220 valence electrons. The lowest BCUT2D eigenvalue weighted by Crippen LogP contribution is -2.32. The first-order valence-corrected chi connectivity index (χ1v) is 12.8. The summed E-state index contributed by atoms with van der Waals surface area (Å²) in [7, 11) is 0. The van der Waals surface area contributed by atoms with Crippen LogP contribution >= 0.6 is 37.9 Å². The van der Waals surface area contributed by atoms with Gasteiger partial charge in [-0.3, -0.25) is 14.4 Å². The average Bonchev–Trinajstić information content (AvgIpc) is 2.84. The molecule has 15 heteroatoms. The molecule has 0 aromatic carbocycles. The van der Waals surface area contributed by atoms with E-state index in [1.165, 1.54) is 0 Å². The van der Waals surface area contributed by atoms with Crippen LogP contribution in [0.25, 0.3) is 0 Å². The molecule has 0 rings (SSSR count). The summed E-state index contributed by atoms with van der Waals surface area (Å²) in [5, 5.41) is 75.5. The molecule has 0 fully saturated rings. The van der Waals surface area contributed by atoms with Gasteiger partial charge >= 0.3 is 17.9 Å². The van der Waals surface area contributed by atoms with E-state index in [2.05, 4.69) is 37.9 Å². The molecule has 0 radical (unpaired) electrons. The van der Waals surface area contributed by atoms with Crippen LogP contribution in [0.5, 0.6) is 0 Å². The number of rotatable bonds is 14. The second-order valence-corrected chi connectivity index (χ2v) is 8.60. The number of aliphatic carboxylic acids is 3. The van der Waals surface area contributed by atoms with Crippen LogP contribution in [0, 0.1) is 10.8 Å². The number of aliphatic hydroxyl groups is 6. The SMILES string of the molecule is CCC(CO)(CO)CO.CCC(CO)(CO)CO.O=C(O)CCS.O=C(O)CCS.O=C(O)CCS. The number of carboxylic acid groups (broad SMARTS) is 3. The van der Waals surface area contributed by atoms with Crippen LogP contribution in [0.3, 0.4) is 0 Å². The standard InChI is InChI=1S/2C6H14O3.3C3H6O2S/c2*1-2-6(3-7,4-8)5-9;3*4-3(5)1-2-6/h2*7-9H,2-5H2,1H3;3*6H,1-2H2,(H,4,5). The van der Waals surface area contributed by atoms with E-state index in [9.17, 15) is 14.4 Å². The van der Waals surface area contributed by atoms with E-state index in [1.54, 1.807) is 0 Å². The highest BCUT2D eigenvalue weighted by atomic mass is 32.1. The Kier molecular flexibility index (Phi) is 40.5. The van der Waals surface area contributed by atoms with E-state index in [-0.39, 0.29) is 58.9 Å². The van der Waals surface area contributed by atoms with E-state index >= 15 is 0 Å². The molecule has 0 aliphatic rings. The van der Waals surface area contributed by atoms with E-state index < -0.39 is 28.7 Å². The minimum Gasteiger partial charge on any atom is -0.481 e. The maximum atomic E-state index is 9.55. The Hall–Kier alpha value is -0.780. The molecule has 0 saturated heterocycles. The van der Waals surface area contributed by atoms with Gasteiger partial charge in [0.25, 0.3) is 0 Å². The number of carbonyl (C=O) groups is 3. The van der Waals surface area contributed by atoms with Gasteiger partial charge < -0.3 is 46.0 Å². The summed E-state index contributed by atoms with van der Waals surface area (Å²) in [6.45, 7) is 2.71. The Morgan fingerprint density at radius 1 is 0.500 bits per heavy atom. The molecule has 0 heterocycles. The largest absolute Gasteiger partial charge is 0.481 e. The van der Waals surface area contributed by atoms with Crippen LogP contribution < -0.4 is 0 Å². The number of thiol groups is 3. The zero-order chi connectivity index (χ0) is 29.6. The highest BCUT2D eigenvalue weighted by Crippen LogP contribution is 2.18. The average molecular weight is 587 g/mol. The Labute approximate surface area is 229 Å². The van der Waals surface area contributed by atoms with Crippen molar-refractivity contribution in [1.29, 1.82) is 0 Å². The summed E-state index contributed by atoms with van der Waals surface area (Å²) in [5.41, 5.74) is -1.33. The van der Waals surface area contributed by atoms with Crippen molar-refractivity contribution in [3.63, 3.8) is 0 Å². The number of hydrogen-bond acceptors (Lipinski definition) is 12. The molecule has 0 spiro atoms. The molecule has 0 aromatic heterocycles. The normalized spacial score (nSPS) is 10.1. The first-order chi connectivity index (χ1) is 16.8. The number of aliphatic hydroxyl groups excluding tert-OH is 6. The van der Waals surface area contributed by atoms with Gasteiger partial charge in [0, 0.05) is 28.1 Å². The van der Waals surface area contributed by atoms with Gasteiger partial charge in [-0.05, 0) is 12.8 Å². The van der Waals surface area contributed by atoms with E-state index in [4.69, 9.17) is 46.0 Å². The molecule has 0 aromatic rings. The molecule has 0 bridgehead atoms. The van der Waals surface area contributed by atoms with Gasteiger partial charge in [0.2, 0.25) is 0 Å². The second kappa shape index (κ2) is 32.2. The molecular weight excluding hydrogens is 540 g/mol. The minimum absolute atomic E-state index is 0.156. The van der Waals surface area contributed by atoms with Crippen LogP contribution in [0.2, 0.25) is 0 Å². The Bertz CT molecular complexity index is 409. The van der Waals surface area contributed by atoms with E-state index in [0.29, 0.717) is 30.1 Å². The molecule has 12 nitrogen and oxygen atoms in total. The number of carboxylic acids is 3. The summed E-state index contributed by atoms with van der Waals surface area (Å²) in [6, 6.07) is 0. The van der Waals surface area contributed by atoms with Crippen LogP contribution in [-0.2, 0) is 14.4 Å². The Morgan fingerprint density at radius 2 is 0.667 bits per heavy atom. The van der Waals surface area contributed by atoms with Crippen molar-refractivity contribution in [3.8, 4) is 0 Å². The first kappa shape index (κ1) is 45.2. The molecule has 0 amide bonds. The van der Waals surface area contributed by atoms with Crippen molar-refractivity contribution >= 4 is 55.8 Å². The van der Waals surface area contributed by atoms with Gasteiger partial charge in [-0.2, -0.15) is 37.9 Å². The third-order valence-electron chi connectivity index (χ3n) is 4.49. The molecule has 9 N–H and O–H groups in total. The van der Waals surface area contributed by atoms with Gasteiger partial charge in [0.1, 0.15) is 0 Å². The van der Waals surface area contributed by atoms with Crippen molar-refractivity contribution in [3.05, 3.63) is 0 Å². The summed E-state index contributed by atoms with van der Waals surface area (Å²) in [4.78, 5) is 28.7. The molecule has 0 saturated carbocycles. The highest BCUT2D eigenvalue weighted by molar-refractivity contribution is 7.80. The lowest BCUT2D eigenvalue weighted by Gasteiger charge is -2.24. The van der Waals surface area contributed by atoms with Gasteiger partial charge in [-0.1, -0.05) is 13.8 Å². The molecule has 0 aliphatic heterocycles. The van der Waals surface area contributed by atoms with Crippen molar-refractivity contribution < 1.29 is 60.3 Å². The third kappa shape index (κ3) is 33.2. The minimum atomic E-state index is -0.787. The Morgan fingerprint density at radius 3 is 0.667 bits per heavy atom. The molecular formula is C21H46O12S3. The number of hydrogen-bond donors (Lipinski definition) is 12. The molecule has 0 aliphatic carbocycles. The quantitative estimate of drug-likeness (QED) is 0.120. The molecule has 0 atom stereocenters. The van der Waals surface area contributed by atoms with E-state index in [1.807, 2.05) is 13.8 Å². The second-order valence-electron chi connectivity index (χ2n) is 7.26. The fourth-order valence-electron chi connectivity index (χ4n) is 1.26.